The first-order valence-electron chi connectivity index (χ1n) is 5.87. The molecule has 0 aromatic carbocycles. The Labute approximate surface area is 104 Å². The molecule has 96 valence electrons. The second kappa shape index (κ2) is 5.29. The number of aromatic nitrogens is 2. The molecule has 0 unspecified atom stereocenters. The van der Waals surface area contributed by atoms with Gasteiger partial charge < -0.3 is 4.42 Å². The van der Waals surface area contributed by atoms with Gasteiger partial charge in [-0.25, -0.2) is 8.78 Å². The van der Waals surface area contributed by atoms with Crippen molar-refractivity contribution in [3.05, 3.63) is 11.8 Å². The second-order valence-corrected chi connectivity index (χ2v) is 4.83. The van der Waals surface area contributed by atoms with Crippen LogP contribution in [0.25, 0.3) is 0 Å². The van der Waals surface area contributed by atoms with Crippen LogP contribution in [0.1, 0.15) is 49.8 Å². The quantitative estimate of drug-likeness (QED) is 0.781. The molecule has 6 heteroatoms. The summed E-state index contributed by atoms with van der Waals surface area (Å²) in [5, 5.41) is 7.84. The molecule has 0 radical (unpaired) electrons. The Morgan fingerprint density at radius 1 is 1.29 bits per heavy atom. The Kier molecular flexibility index (Phi) is 3.97. The Morgan fingerprint density at radius 3 is 2.65 bits per heavy atom. The van der Waals surface area contributed by atoms with Gasteiger partial charge in [0.2, 0.25) is 17.7 Å². The van der Waals surface area contributed by atoms with E-state index in [2.05, 4.69) is 10.2 Å². The van der Waals surface area contributed by atoms with Crippen molar-refractivity contribution in [2.45, 2.75) is 50.4 Å². The van der Waals surface area contributed by atoms with Crippen LogP contribution in [-0.4, -0.2) is 22.0 Å². The van der Waals surface area contributed by atoms with Crippen LogP contribution in [0.3, 0.4) is 0 Å². The molecule has 0 aliphatic heterocycles. The standard InChI is InChI=1S/C11H15ClF2N2O/c12-7-1-2-9-15-16-10(17-9)8-3-5-11(13,14)6-4-8/h8H,1-7H2. The summed E-state index contributed by atoms with van der Waals surface area (Å²) in [6.07, 6.45) is 2.10. The lowest BCUT2D eigenvalue weighted by Gasteiger charge is -2.25. The monoisotopic (exact) mass is 264 g/mol. The van der Waals surface area contributed by atoms with E-state index >= 15 is 0 Å². The predicted molar refractivity (Wildman–Crippen MR) is 59.5 cm³/mol. The highest BCUT2D eigenvalue weighted by molar-refractivity contribution is 6.17. The van der Waals surface area contributed by atoms with Gasteiger partial charge in [0, 0.05) is 31.1 Å². The number of halogens is 3. The van der Waals surface area contributed by atoms with Gasteiger partial charge in [-0.2, -0.15) is 0 Å². The Bertz CT molecular complexity index is 360. The molecule has 1 aliphatic rings. The first-order valence-corrected chi connectivity index (χ1v) is 6.40. The highest BCUT2D eigenvalue weighted by Gasteiger charge is 2.37. The normalized spacial score (nSPS) is 20.6. The van der Waals surface area contributed by atoms with Gasteiger partial charge in [-0.05, 0) is 19.3 Å². The van der Waals surface area contributed by atoms with Crippen LogP contribution in [0.15, 0.2) is 4.42 Å². The minimum Gasteiger partial charge on any atom is -0.425 e. The number of alkyl halides is 3. The first kappa shape index (κ1) is 12.7. The Balaban J connectivity index is 1.92. The summed E-state index contributed by atoms with van der Waals surface area (Å²) < 4.78 is 31.4. The Hall–Kier alpha value is -0.710. The van der Waals surface area contributed by atoms with E-state index in [1.807, 2.05) is 0 Å². The highest BCUT2D eigenvalue weighted by atomic mass is 35.5. The maximum Gasteiger partial charge on any atom is 0.248 e. The van der Waals surface area contributed by atoms with Crippen LogP contribution in [0.4, 0.5) is 8.78 Å². The van der Waals surface area contributed by atoms with Gasteiger partial charge in [-0.1, -0.05) is 0 Å². The third-order valence-electron chi connectivity index (χ3n) is 3.07. The molecule has 1 saturated carbocycles. The van der Waals surface area contributed by atoms with Crippen LogP contribution in [0, 0.1) is 0 Å². The van der Waals surface area contributed by atoms with Crippen LogP contribution < -0.4 is 0 Å². The molecule has 1 aliphatic carbocycles. The minimum absolute atomic E-state index is 0.00752. The fourth-order valence-corrected chi connectivity index (χ4v) is 2.17. The van der Waals surface area contributed by atoms with Crippen LogP contribution >= 0.6 is 11.6 Å². The molecule has 17 heavy (non-hydrogen) atoms. The van der Waals surface area contributed by atoms with Gasteiger partial charge in [0.05, 0.1) is 0 Å². The summed E-state index contributed by atoms with van der Waals surface area (Å²) in [5.74, 6) is -0.916. The van der Waals surface area contributed by atoms with Crippen LogP contribution in [0.5, 0.6) is 0 Å². The van der Waals surface area contributed by atoms with E-state index in [9.17, 15) is 8.78 Å². The zero-order valence-corrected chi connectivity index (χ0v) is 10.2. The van der Waals surface area contributed by atoms with Gasteiger partial charge in [0.1, 0.15) is 0 Å². The zero-order valence-electron chi connectivity index (χ0n) is 9.46. The molecule has 1 aromatic heterocycles. The molecule has 1 fully saturated rings. The fraction of sp³-hybridized carbons (Fsp3) is 0.818. The summed E-state index contributed by atoms with van der Waals surface area (Å²) in [7, 11) is 0. The summed E-state index contributed by atoms with van der Waals surface area (Å²) in [6.45, 7) is 0. The van der Waals surface area contributed by atoms with E-state index in [-0.39, 0.29) is 18.8 Å². The van der Waals surface area contributed by atoms with E-state index in [0.29, 0.717) is 36.9 Å². The summed E-state index contributed by atoms with van der Waals surface area (Å²) in [4.78, 5) is 0. The molecule has 1 aromatic rings. The number of aryl methyl sites for hydroxylation is 1. The molecular weight excluding hydrogens is 250 g/mol. The maximum atomic E-state index is 13.0. The van der Waals surface area contributed by atoms with Crippen molar-refractivity contribution in [2.75, 3.05) is 5.88 Å². The molecule has 0 atom stereocenters. The lowest BCUT2D eigenvalue weighted by molar-refractivity contribution is -0.0399. The fourth-order valence-electron chi connectivity index (χ4n) is 2.04. The first-order chi connectivity index (χ1) is 8.11. The van der Waals surface area contributed by atoms with E-state index in [1.54, 1.807) is 0 Å². The second-order valence-electron chi connectivity index (χ2n) is 4.46. The lowest BCUT2D eigenvalue weighted by Crippen LogP contribution is -2.23. The average molecular weight is 265 g/mol. The number of hydrogen-bond acceptors (Lipinski definition) is 3. The summed E-state index contributed by atoms with van der Waals surface area (Å²) in [6, 6.07) is 0. The van der Waals surface area contributed by atoms with Crippen molar-refractivity contribution in [1.29, 1.82) is 0 Å². The highest BCUT2D eigenvalue weighted by Crippen LogP contribution is 2.40. The van der Waals surface area contributed by atoms with E-state index in [0.717, 1.165) is 6.42 Å². The van der Waals surface area contributed by atoms with Crippen molar-refractivity contribution in [3.8, 4) is 0 Å². The van der Waals surface area contributed by atoms with Crippen molar-refractivity contribution < 1.29 is 13.2 Å². The number of hydrogen-bond donors (Lipinski definition) is 0. The van der Waals surface area contributed by atoms with Gasteiger partial charge in [-0.3, -0.25) is 0 Å². The molecular formula is C11H15ClF2N2O. The largest absolute Gasteiger partial charge is 0.425 e. The van der Waals surface area contributed by atoms with Gasteiger partial charge in [-0.15, -0.1) is 21.8 Å². The molecule has 0 N–H and O–H groups in total. The van der Waals surface area contributed by atoms with E-state index in [4.69, 9.17) is 16.0 Å². The van der Waals surface area contributed by atoms with Crippen molar-refractivity contribution in [3.63, 3.8) is 0 Å². The molecule has 0 spiro atoms. The number of rotatable bonds is 4. The van der Waals surface area contributed by atoms with Crippen molar-refractivity contribution in [2.24, 2.45) is 0 Å². The molecule has 0 saturated heterocycles. The van der Waals surface area contributed by atoms with Gasteiger partial charge in [0.15, 0.2) is 0 Å². The molecule has 1 heterocycles. The average Bonchev–Trinajstić information content (AvgIpc) is 2.75. The maximum absolute atomic E-state index is 13.0. The SMILES string of the molecule is FC1(F)CCC(c2nnc(CCCCl)o2)CC1. The third-order valence-corrected chi connectivity index (χ3v) is 3.34. The predicted octanol–water partition coefficient (Wildman–Crippen LogP) is 3.53. The molecule has 0 bridgehead atoms. The summed E-state index contributed by atoms with van der Waals surface area (Å²) in [5.41, 5.74) is 0. The lowest BCUT2D eigenvalue weighted by atomic mass is 9.87. The minimum atomic E-state index is -2.52. The topological polar surface area (TPSA) is 38.9 Å². The smallest absolute Gasteiger partial charge is 0.248 e. The van der Waals surface area contributed by atoms with Gasteiger partial charge in [0.25, 0.3) is 0 Å². The van der Waals surface area contributed by atoms with Crippen LogP contribution in [0.2, 0.25) is 0 Å². The van der Waals surface area contributed by atoms with E-state index < -0.39 is 5.92 Å². The molecule has 2 rings (SSSR count). The molecule has 0 amide bonds. The summed E-state index contributed by atoms with van der Waals surface area (Å²) >= 11 is 5.57. The van der Waals surface area contributed by atoms with Crippen molar-refractivity contribution in [1.82, 2.24) is 10.2 Å². The Morgan fingerprint density at radius 2 is 2.00 bits per heavy atom. The zero-order chi connectivity index (χ0) is 12.3. The third kappa shape index (κ3) is 3.37. The molecule has 3 nitrogen and oxygen atoms in total. The number of nitrogens with zero attached hydrogens (tertiary/aromatic N) is 2. The van der Waals surface area contributed by atoms with Crippen LogP contribution in [-0.2, 0) is 6.42 Å². The van der Waals surface area contributed by atoms with Gasteiger partial charge >= 0.3 is 0 Å². The van der Waals surface area contributed by atoms with Crippen molar-refractivity contribution >= 4 is 11.6 Å². The van der Waals surface area contributed by atoms with E-state index in [1.165, 1.54) is 0 Å².